The maximum atomic E-state index is 12.7. The number of aliphatic hydroxyl groups is 1. The molecule has 6 heteroatoms. The molecule has 0 saturated heterocycles. The lowest BCUT2D eigenvalue weighted by Crippen LogP contribution is -2.43. The first-order valence-corrected chi connectivity index (χ1v) is 9.08. The summed E-state index contributed by atoms with van der Waals surface area (Å²) in [5.41, 5.74) is 6.96. The van der Waals surface area contributed by atoms with Crippen molar-refractivity contribution in [3.05, 3.63) is 29.8 Å². The van der Waals surface area contributed by atoms with Crippen molar-refractivity contribution >= 4 is 15.7 Å². The molecule has 0 aromatic heterocycles. The number of benzene rings is 1. The van der Waals surface area contributed by atoms with Crippen molar-refractivity contribution < 1.29 is 13.5 Å². The maximum absolute atomic E-state index is 12.7. The number of hydrogen-bond donors (Lipinski definition) is 2. The lowest BCUT2D eigenvalue weighted by Gasteiger charge is -2.33. The second-order valence-corrected chi connectivity index (χ2v) is 7.55. The van der Waals surface area contributed by atoms with E-state index in [4.69, 9.17) is 5.73 Å². The molecule has 1 aromatic carbocycles. The van der Waals surface area contributed by atoms with Crippen molar-refractivity contribution in [1.29, 1.82) is 0 Å². The van der Waals surface area contributed by atoms with Crippen LogP contribution in [0.4, 0.5) is 5.69 Å². The van der Waals surface area contributed by atoms with Crippen LogP contribution in [0.2, 0.25) is 0 Å². The highest BCUT2D eigenvalue weighted by Crippen LogP contribution is 2.26. The molecule has 1 aromatic rings. The van der Waals surface area contributed by atoms with E-state index in [1.807, 2.05) is 0 Å². The van der Waals surface area contributed by atoms with E-state index in [-0.39, 0.29) is 24.9 Å². The number of hydrogen-bond acceptors (Lipinski definition) is 4. The number of anilines is 1. The molecule has 0 amide bonds. The Morgan fingerprint density at radius 1 is 1.24 bits per heavy atom. The fourth-order valence-corrected chi connectivity index (χ4v) is 4.78. The molecule has 2 rings (SSSR count). The largest absolute Gasteiger partial charge is 0.399 e. The topological polar surface area (TPSA) is 83.6 Å². The standard InChI is InChI=1S/C15H24N2O3S/c16-14-6-4-5-13(11-14)12-21(19,20)17(9-10-18)15-7-2-1-3-8-15/h4-6,11,15,18H,1-3,7-10,12,16H2. The van der Waals surface area contributed by atoms with Gasteiger partial charge in [0.1, 0.15) is 0 Å². The van der Waals surface area contributed by atoms with Crippen LogP contribution < -0.4 is 5.73 Å². The molecular weight excluding hydrogens is 288 g/mol. The van der Waals surface area contributed by atoms with Gasteiger partial charge in [-0.25, -0.2) is 8.42 Å². The van der Waals surface area contributed by atoms with Crippen molar-refractivity contribution in [2.45, 2.75) is 43.9 Å². The number of rotatable bonds is 6. The smallest absolute Gasteiger partial charge is 0.218 e. The van der Waals surface area contributed by atoms with Crippen LogP contribution in [0.15, 0.2) is 24.3 Å². The van der Waals surface area contributed by atoms with Gasteiger partial charge in [-0.1, -0.05) is 31.4 Å². The zero-order valence-corrected chi connectivity index (χ0v) is 13.1. The van der Waals surface area contributed by atoms with Crippen LogP contribution in [-0.2, 0) is 15.8 Å². The minimum atomic E-state index is -3.44. The van der Waals surface area contributed by atoms with Gasteiger partial charge in [0.05, 0.1) is 12.4 Å². The molecule has 0 aliphatic heterocycles. The van der Waals surface area contributed by atoms with Gasteiger partial charge in [-0.3, -0.25) is 0 Å². The molecule has 0 spiro atoms. The molecule has 0 unspecified atom stereocenters. The fourth-order valence-electron chi connectivity index (χ4n) is 2.99. The minimum Gasteiger partial charge on any atom is -0.399 e. The Morgan fingerprint density at radius 3 is 2.57 bits per heavy atom. The molecule has 1 saturated carbocycles. The van der Waals surface area contributed by atoms with Crippen LogP contribution in [0.5, 0.6) is 0 Å². The van der Waals surface area contributed by atoms with Gasteiger partial charge in [-0.2, -0.15) is 4.31 Å². The molecule has 0 heterocycles. The van der Waals surface area contributed by atoms with Crippen molar-refractivity contribution in [2.24, 2.45) is 0 Å². The van der Waals surface area contributed by atoms with Gasteiger partial charge >= 0.3 is 0 Å². The molecule has 21 heavy (non-hydrogen) atoms. The molecule has 118 valence electrons. The van der Waals surface area contributed by atoms with Gasteiger partial charge in [0, 0.05) is 18.3 Å². The molecular formula is C15H24N2O3S. The Labute approximate surface area is 126 Å². The Kier molecular flexibility index (Phi) is 5.61. The molecule has 0 bridgehead atoms. The zero-order chi connectivity index (χ0) is 15.3. The average Bonchev–Trinajstić information content (AvgIpc) is 2.45. The molecule has 0 radical (unpaired) electrons. The van der Waals surface area contributed by atoms with Crippen LogP contribution in [0, 0.1) is 0 Å². The van der Waals surface area contributed by atoms with Crippen LogP contribution in [0.1, 0.15) is 37.7 Å². The Morgan fingerprint density at radius 2 is 1.95 bits per heavy atom. The quantitative estimate of drug-likeness (QED) is 0.784. The maximum Gasteiger partial charge on any atom is 0.218 e. The average molecular weight is 312 g/mol. The second-order valence-electron chi connectivity index (χ2n) is 5.63. The van der Waals surface area contributed by atoms with Crippen molar-refractivity contribution in [2.75, 3.05) is 18.9 Å². The highest BCUT2D eigenvalue weighted by atomic mass is 32.2. The van der Waals surface area contributed by atoms with E-state index in [1.54, 1.807) is 24.3 Å². The van der Waals surface area contributed by atoms with E-state index in [0.717, 1.165) is 25.7 Å². The first-order chi connectivity index (χ1) is 10.0. The number of nitrogen functional groups attached to an aromatic ring is 1. The minimum absolute atomic E-state index is 0.0250. The summed E-state index contributed by atoms with van der Waals surface area (Å²) >= 11 is 0. The van der Waals surface area contributed by atoms with Gasteiger partial charge in [0.25, 0.3) is 0 Å². The Hall–Kier alpha value is -1.11. The molecule has 3 N–H and O–H groups in total. The fraction of sp³-hybridized carbons (Fsp3) is 0.600. The Bertz CT molecular complexity index is 554. The van der Waals surface area contributed by atoms with Crippen LogP contribution in [-0.4, -0.2) is 37.0 Å². The van der Waals surface area contributed by atoms with Crippen LogP contribution in [0.3, 0.4) is 0 Å². The van der Waals surface area contributed by atoms with E-state index in [9.17, 15) is 13.5 Å². The first kappa shape index (κ1) is 16.3. The molecule has 1 fully saturated rings. The summed E-state index contributed by atoms with van der Waals surface area (Å²) in [4.78, 5) is 0. The van der Waals surface area contributed by atoms with Gasteiger partial charge in [0.2, 0.25) is 10.0 Å². The lowest BCUT2D eigenvalue weighted by atomic mass is 9.95. The summed E-state index contributed by atoms with van der Waals surface area (Å²) in [5, 5.41) is 9.21. The number of aliphatic hydroxyl groups excluding tert-OH is 1. The summed E-state index contributed by atoms with van der Waals surface area (Å²) in [7, 11) is -3.44. The molecule has 1 aliphatic rings. The van der Waals surface area contributed by atoms with Crippen LogP contribution >= 0.6 is 0 Å². The Balaban J connectivity index is 2.16. The molecule has 5 nitrogen and oxygen atoms in total. The third kappa shape index (κ3) is 4.43. The number of sulfonamides is 1. The summed E-state index contributed by atoms with van der Waals surface area (Å²) in [6, 6.07) is 6.98. The van der Waals surface area contributed by atoms with E-state index < -0.39 is 10.0 Å². The predicted molar refractivity (Wildman–Crippen MR) is 84.1 cm³/mol. The summed E-state index contributed by atoms with van der Waals surface area (Å²) < 4.78 is 26.8. The van der Waals surface area contributed by atoms with Crippen molar-refractivity contribution in [3.63, 3.8) is 0 Å². The van der Waals surface area contributed by atoms with Gasteiger partial charge in [-0.15, -0.1) is 0 Å². The second kappa shape index (κ2) is 7.24. The zero-order valence-electron chi connectivity index (χ0n) is 12.2. The highest BCUT2D eigenvalue weighted by molar-refractivity contribution is 7.88. The third-order valence-electron chi connectivity index (χ3n) is 3.96. The van der Waals surface area contributed by atoms with Gasteiger partial charge in [-0.05, 0) is 30.5 Å². The SMILES string of the molecule is Nc1cccc(CS(=O)(=O)N(CCO)C2CCCCC2)c1. The van der Waals surface area contributed by atoms with E-state index in [2.05, 4.69) is 0 Å². The predicted octanol–water partition coefficient (Wildman–Crippen LogP) is 1.73. The van der Waals surface area contributed by atoms with Gasteiger partial charge < -0.3 is 10.8 Å². The van der Waals surface area contributed by atoms with Crippen LogP contribution in [0.25, 0.3) is 0 Å². The van der Waals surface area contributed by atoms with E-state index >= 15 is 0 Å². The summed E-state index contributed by atoms with van der Waals surface area (Å²) in [5.74, 6) is -0.0610. The first-order valence-electron chi connectivity index (χ1n) is 7.48. The monoisotopic (exact) mass is 312 g/mol. The number of nitrogens with zero attached hydrogens (tertiary/aromatic N) is 1. The van der Waals surface area contributed by atoms with E-state index in [1.165, 1.54) is 10.7 Å². The third-order valence-corrected chi connectivity index (χ3v) is 5.85. The summed E-state index contributed by atoms with van der Waals surface area (Å²) in [6.45, 7) is 0.0297. The van der Waals surface area contributed by atoms with Gasteiger partial charge in [0.15, 0.2) is 0 Å². The number of nitrogens with two attached hydrogens (primary N) is 1. The highest BCUT2D eigenvalue weighted by Gasteiger charge is 2.30. The summed E-state index contributed by atoms with van der Waals surface area (Å²) in [6.07, 6.45) is 5.05. The van der Waals surface area contributed by atoms with Crippen molar-refractivity contribution in [1.82, 2.24) is 4.31 Å². The normalized spacial score (nSPS) is 17.2. The lowest BCUT2D eigenvalue weighted by molar-refractivity contribution is 0.199. The molecule has 1 aliphatic carbocycles. The van der Waals surface area contributed by atoms with E-state index in [0.29, 0.717) is 11.3 Å². The van der Waals surface area contributed by atoms with Crippen molar-refractivity contribution in [3.8, 4) is 0 Å². The molecule has 0 atom stereocenters.